The molecular weight excluding hydrogens is 370 g/mol. The van der Waals surface area contributed by atoms with Crippen molar-refractivity contribution in [2.75, 3.05) is 7.11 Å². The van der Waals surface area contributed by atoms with Gasteiger partial charge in [-0.3, -0.25) is 0 Å². The Morgan fingerprint density at radius 2 is 1.74 bits per heavy atom. The van der Waals surface area contributed by atoms with E-state index >= 15 is 0 Å². The number of rotatable bonds is 3. The molecule has 0 radical (unpaired) electrons. The minimum absolute atomic E-state index is 0.159. The molecule has 0 aliphatic heterocycles. The minimum atomic E-state index is -0.159. The van der Waals surface area contributed by atoms with Crippen LogP contribution in [-0.4, -0.2) is 7.11 Å². The second kappa shape index (κ2) is 6.07. The summed E-state index contributed by atoms with van der Waals surface area (Å²) in [6.45, 7) is 2.07. The normalized spacial score (nSPS) is 12.3. The van der Waals surface area contributed by atoms with Crippen LogP contribution >= 0.6 is 31.9 Å². The van der Waals surface area contributed by atoms with Gasteiger partial charge in [0.1, 0.15) is 5.75 Å². The highest BCUT2D eigenvalue weighted by Crippen LogP contribution is 2.32. The van der Waals surface area contributed by atoms with Gasteiger partial charge in [0.2, 0.25) is 0 Å². The van der Waals surface area contributed by atoms with Crippen molar-refractivity contribution in [2.45, 2.75) is 13.0 Å². The fraction of sp³-hybridized carbons (Fsp3) is 0.200. The van der Waals surface area contributed by atoms with Crippen molar-refractivity contribution >= 4 is 31.9 Å². The van der Waals surface area contributed by atoms with Gasteiger partial charge in [0.25, 0.3) is 0 Å². The van der Waals surface area contributed by atoms with E-state index in [1.165, 1.54) is 5.56 Å². The maximum atomic E-state index is 6.37. The highest BCUT2D eigenvalue weighted by Gasteiger charge is 2.15. The molecule has 0 amide bonds. The van der Waals surface area contributed by atoms with Gasteiger partial charge in [-0.2, -0.15) is 0 Å². The average Bonchev–Trinajstić information content (AvgIpc) is 2.37. The van der Waals surface area contributed by atoms with E-state index in [-0.39, 0.29) is 6.04 Å². The first-order valence-corrected chi connectivity index (χ1v) is 7.46. The number of halogens is 2. The molecule has 0 spiro atoms. The molecule has 0 saturated heterocycles. The summed E-state index contributed by atoms with van der Waals surface area (Å²) in [6, 6.07) is 11.8. The first-order valence-electron chi connectivity index (χ1n) is 5.88. The van der Waals surface area contributed by atoms with Gasteiger partial charge in [0.05, 0.1) is 13.2 Å². The molecule has 0 aliphatic rings. The number of nitrogens with two attached hydrogens (primary N) is 1. The summed E-state index contributed by atoms with van der Waals surface area (Å²) in [4.78, 5) is 0. The highest BCUT2D eigenvalue weighted by molar-refractivity contribution is 9.10. The van der Waals surface area contributed by atoms with Gasteiger partial charge < -0.3 is 10.5 Å². The van der Waals surface area contributed by atoms with Crippen molar-refractivity contribution in [1.82, 2.24) is 0 Å². The summed E-state index contributed by atoms with van der Waals surface area (Å²) >= 11 is 7.02. The van der Waals surface area contributed by atoms with E-state index in [0.717, 1.165) is 25.8 Å². The molecule has 2 aromatic rings. The number of hydrogen-bond donors (Lipinski definition) is 1. The fourth-order valence-corrected chi connectivity index (χ4v) is 3.12. The van der Waals surface area contributed by atoms with Crippen LogP contribution in [0.3, 0.4) is 0 Å². The van der Waals surface area contributed by atoms with Gasteiger partial charge in [-0.15, -0.1) is 0 Å². The lowest BCUT2D eigenvalue weighted by atomic mass is 9.96. The lowest BCUT2D eigenvalue weighted by molar-refractivity contribution is 0.414. The molecule has 4 heteroatoms. The van der Waals surface area contributed by atoms with E-state index in [1.54, 1.807) is 7.11 Å². The second-order valence-electron chi connectivity index (χ2n) is 4.37. The number of hydrogen-bond acceptors (Lipinski definition) is 2. The summed E-state index contributed by atoms with van der Waals surface area (Å²) in [5.74, 6) is 0.815. The van der Waals surface area contributed by atoms with E-state index < -0.39 is 0 Å². The molecule has 2 rings (SSSR count). The molecule has 2 nitrogen and oxygen atoms in total. The third-order valence-electron chi connectivity index (χ3n) is 3.11. The monoisotopic (exact) mass is 383 g/mol. The van der Waals surface area contributed by atoms with Gasteiger partial charge in [-0.25, -0.2) is 0 Å². The summed E-state index contributed by atoms with van der Waals surface area (Å²) in [5.41, 5.74) is 9.71. The predicted molar refractivity (Wildman–Crippen MR) is 85.6 cm³/mol. The maximum absolute atomic E-state index is 6.37. The fourth-order valence-electron chi connectivity index (χ4n) is 2.04. The Morgan fingerprint density at radius 1 is 1.05 bits per heavy atom. The summed E-state index contributed by atoms with van der Waals surface area (Å²) in [7, 11) is 1.65. The van der Waals surface area contributed by atoms with Crippen molar-refractivity contribution in [1.29, 1.82) is 0 Å². The lowest BCUT2D eigenvalue weighted by Gasteiger charge is -2.17. The number of aryl methyl sites for hydroxylation is 1. The lowest BCUT2D eigenvalue weighted by Crippen LogP contribution is -2.14. The van der Waals surface area contributed by atoms with Gasteiger partial charge in [-0.1, -0.05) is 44.0 Å². The van der Waals surface area contributed by atoms with E-state index in [4.69, 9.17) is 10.5 Å². The van der Waals surface area contributed by atoms with Crippen molar-refractivity contribution in [3.8, 4) is 5.75 Å². The Kier molecular flexibility index (Phi) is 4.66. The molecule has 2 N–H and O–H groups in total. The molecule has 19 heavy (non-hydrogen) atoms. The first kappa shape index (κ1) is 14.6. The van der Waals surface area contributed by atoms with Crippen LogP contribution in [0.15, 0.2) is 45.3 Å². The molecule has 2 aromatic carbocycles. The van der Waals surface area contributed by atoms with Crippen molar-refractivity contribution in [3.63, 3.8) is 0 Å². The van der Waals surface area contributed by atoms with Crippen LogP contribution in [0.4, 0.5) is 0 Å². The summed E-state index contributed by atoms with van der Waals surface area (Å²) in [6.07, 6.45) is 0. The third-order valence-corrected chi connectivity index (χ3v) is 4.29. The number of benzene rings is 2. The molecule has 0 fully saturated rings. The van der Waals surface area contributed by atoms with Crippen molar-refractivity contribution in [3.05, 3.63) is 62.0 Å². The summed E-state index contributed by atoms with van der Waals surface area (Å²) < 4.78 is 7.22. The predicted octanol–water partition coefficient (Wildman–Crippen LogP) is 4.58. The second-order valence-corrected chi connectivity index (χ2v) is 6.14. The van der Waals surface area contributed by atoms with Crippen LogP contribution in [0.25, 0.3) is 0 Å². The highest BCUT2D eigenvalue weighted by atomic mass is 79.9. The van der Waals surface area contributed by atoms with Crippen LogP contribution in [0.2, 0.25) is 0 Å². The molecule has 0 saturated carbocycles. The van der Waals surface area contributed by atoms with E-state index in [9.17, 15) is 0 Å². The molecule has 0 bridgehead atoms. The van der Waals surface area contributed by atoms with E-state index in [2.05, 4.69) is 50.9 Å². The molecule has 1 unspecified atom stereocenters. The van der Waals surface area contributed by atoms with Crippen LogP contribution < -0.4 is 10.5 Å². The SMILES string of the molecule is COc1ccc(C(N)c2ccc(Br)cc2C)c(Br)c1. The Morgan fingerprint density at radius 3 is 2.32 bits per heavy atom. The summed E-state index contributed by atoms with van der Waals surface area (Å²) in [5, 5.41) is 0. The molecular formula is C15H15Br2NO. The maximum Gasteiger partial charge on any atom is 0.120 e. The quantitative estimate of drug-likeness (QED) is 0.840. The van der Waals surface area contributed by atoms with Gasteiger partial charge in [-0.05, 0) is 47.9 Å². The topological polar surface area (TPSA) is 35.2 Å². The zero-order valence-corrected chi connectivity index (χ0v) is 14.0. The Bertz CT molecular complexity index is 599. The molecule has 0 aromatic heterocycles. The number of ether oxygens (including phenoxy) is 1. The van der Waals surface area contributed by atoms with Crippen LogP contribution in [-0.2, 0) is 0 Å². The minimum Gasteiger partial charge on any atom is -0.497 e. The van der Waals surface area contributed by atoms with Crippen molar-refractivity contribution < 1.29 is 4.74 Å². The van der Waals surface area contributed by atoms with Crippen LogP contribution in [0.5, 0.6) is 5.75 Å². The Hall–Kier alpha value is -0.840. The van der Waals surface area contributed by atoms with Crippen LogP contribution in [0, 0.1) is 6.92 Å². The molecule has 100 valence electrons. The van der Waals surface area contributed by atoms with Gasteiger partial charge in [0.15, 0.2) is 0 Å². The van der Waals surface area contributed by atoms with E-state index in [0.29, 0.717) is 0 Å². The Balaban J connectivity index is 2.41. The van der Waals surface area contributed by atoms with E-state index in [1.807, 2.05) is 24.3 Å². The van der Waals surface area contributed by atoms with Crippen LogP contribution in [0.1, 0.15) is 22.7 Å². The first-order chi connectivity index (χ1) is 9.02. The average molecular weight is 385 g/mol. The van der Waals surface area contributed by atoms with Gasteiger partial charge in [0, 0.05) is 8.95 Å². The van der Waals surface area contributed by atoms with Gasteiger partial charge >= 0.3 is 0 Å². The zero-order chi connectivity index (χ0) is 14.0. The number of methoxy groups -OCH3 is 1. The molecule has 0 heterocycles. The Labute approximate surface area is 130 Å². The molecule has 1 atom stereocenters. The van der Waals surface area contributed by atoms with Crippen molar-refractivity contribution in [2.24, 2.45) is 5.73 Å². The zero-order valence-electron chi connectivity index (χ0n) is 10.8. The smallest absolute Gasteiger partial charge is 0.120 e. The third kappa shape index (κ3) is 3.19. The standard InChI is InChI=1S/C15H15Br2NO/c1-9-7-10(16)3-5-12(9)15(18)13-6-4-11(19-2)8-14(13)17/h3-8,15H,18H2,1-2H3. The molecule has 0 aliphatic carbocycles. The largest absolute Gasteiger partial charge is 0.497 e.